The number of allylic oxidation sites excluding steroid dienone is 2. The Labute approximate surface area is 112 Å². The van der Waals surface area contributed by atoms with Gasteiger partial charge in [-0.1, -0.05) is 46.9 Å². The molecule has 0 fully saturated rings. The fraction of sp³-hybridized carbons (Fsp3) is 0.357. The van der Waals surface area contributed by atoms with Gasteiger partial charge in [0.25, 0.3) is 0 Å². The number of hydrogen-bond donors (Lipinski definition) is 0. The average Bonchev–Trinajstić information content (AvgIpc) is 2.29. The van der Waals surface area contributed by atoms with E-state index in [1.54, 1.807) is 0 Å². The molecule has 0 saturated carbocycles. The molecule has 0 N–H and O–H groups in total. The van der Waals surface area contributed by atoms with Crippen molar-refractivity contribution in [2.75, 3.05) is 11.0 Å². The molecule has 0 radical (unpaired) electrons. The number of nitrogens with zero attached hydrogens (tertiary/aromatic N) is 1. The lowest BCUT2D eigenvalue weighted by atomic mass is 10.0. The molecular weight excluding hydrogens is 309 g/mol. The van der Waals surface area contributed by atoms with E-state index >= 15 is 0 Å². The largest absolute Gasteiger partial charge is 0.293 e. The van der Waals surface area contributed by atoms with Gasteiger partial charge < -0.3 is 0 Å². The second-order valence-electron chi connectivity index (χ2n) is 3.76. The summed E-state index contributed by atoms with van der Waals surface area (Å²) < 4.78 is 1.18. The summed E-state index contributed by atoms with van der Waals surface area (Å²) in [6.45, 7) is 5.20. The zero-order chi connectivity index (χ0) is 11.8. The standard InChI is InChI=1S/C14H18IN/c1-12-6-3-4-7-14(12)13(2)8-11-16-10-5-9-15/h3-4,6-8,11H,5,9-10H2,1-2H3/b13-8-,16-11+. The Kier molecular flexibility index (Phi) is 6.38. The first-order valence-electron chi connectivity index (χ1n) is 5.54. The van der Waals surface area contributed by atoms with Crippen molar-refractivity contribution in [3.05, 3.63) is 41.5 Å². The van der Waals surface area contributed by atoms with Crippen molar-refractivity contribution in [2.24, 2.45) is 4.99 Å². The van der Waals surface area contributed by atoms with Crippen LogP contribution in [0.25, 0.3) is 5.57 Å². The average molecular weight is 327 g/mol. The van der Waals surface area contributed by atoms with E-state index < -0.39 is 0 Å². The third kappa shape index (κ3) is 4.47. The summed E-state index contributed by atoms with van der Waals surface area (Å²) in [4.78, 5) is 4.35. The van der Waals surface area contributed by atoms with Crippen LogP contribution in [0.4, 0.5) is 0 Å². The van der Waals surface area contributed by atoms with E-state index in [1.165, 1.54) is 21.1 Å². The summed E-state index contributed by atoms with van der Waals surface area (Å²) in [5, 5.41) is 0. The highest BCUT2D eigenvalue weighted by Crippen LogP contribution is 2.16. The molecular formula is C14H18IN. The van der Waals surface area contributed by atoms with Gasteiger partial charge >= 0.3 is 0 Å². The maximum Gasteiger partial charge on any atom is 0.0396 e. The first-order chi connectivity index (χ1) is 7.75. The fourth-order valence-electron chi connectivity index (χ4n) is 1.50. The number of alkyl halides is 1. The van der Waals surface area contributed by atoms with Gasteiger partial charge in [0, 0.05) is 17.2 Å². The molecule has 0 saturated heterocycles. The summed E-state index contributed by atoms with van der Waals surface area (Å²) in [6, 6.07) is 8.44. The van der Waals surface area contributed by atoms with Crippen LogP contribution in [0.2, 0.25) is 0 Å². The SMILES string of the molecule is C/C(=C/C=N/CCCI)c1ccccc1C. The highest BCUT2D eigenvalue weighted by molar-refractivity contribution is 14.1. The molecule has 0 amide bonds. The summed E-state index contributed by atoms with van der Waals surface area (Å²) in [5.41, 5.74) is 3.90. The Bertz CT molecular complexity index is 380. The van der Waals surface area contributed by atoms with Gasteiger partial charge in [0.2, 0.25) is 0 Å². The van der Waals surface area contributed by atoms with Crippen molar-refractivity contribution in [3.8, 4) is 0 Å². The molecule has 0 heterocycles. The lowest BCUT2D eigenvalue weighted by Crippen LogP contribution is -1.86. The molecule has 1 rings (SSSR count). The Morgan fingerprint density at radius 1 is 1.38 bits per heavy atom. The number of rotatable bonds is 5. The molecule has 0 aliphatic heterocycles. The van der Waals surface area contributed by atoms with E-state index in [0.29, 0.717) is 0 Å². The molecule has 0 aromatic heterocycles. The zero-order valence-corrected chi connectivity index (χ0v) is 12.1. The predicted octanol–water partition coefficient (Wildman–Crippen LogP) is 4.29. The number of hydrogen-bond acceptors (Lipinski definition) is 1. The Morgan fingerprint density at radius 2 is 2.12 bits per heavy atom. The summed E-state index contributed by atoms with van der Waals surface area (Å²) in [5.74, 6) is 0. The summed E-state index contributed by atoms with van der Waals surface area (Å²) >= 11 is 2.38. The highest BCUT2D eigenvalue weighted by atomic mass is 127. The lowest BCUT2D eigenvalue weighted by Gasteiger charge is -2.04. The van der Waals surface area contributed by atoms with Gasteiger partial charge in [0.05, 0.1) is 0 Å². The molecule has 0 aliphatic carbocycles. The monoisotopic (exact) mass is 327 g/mol. The minimum Gasteiger partial charge on any atom is -0.293 e. The summed E-state index contributed by atoms with van der Waals surface area (Å²) in [7, 11) is 0. The Hall–Kier alpha value is -0.640. The van der Waals surface area contributed by atoms with E-state index in [2.05, 4.69) is 71.8 Å². The maximum atomic E-state index is 4.35. The molecule has 1 aromatic rings. The van der Waals surface area contributed by atoms with Crippen LogP contribution < -0.4 is 0 Å². The molecule has 16 heavy (non-hydrogen) atoms. The van der Waals surface area contributed by atoms with Crippen LogP contribution in [-0.2, 0) is 0 Å². The third-order valence-electron chi connectivity index (χ3n) is 2.42. The number of benzene rings is 1. The molecule has 0 unspecified atom stereocenters. The van der Waals surface area contributed by atoms with Gasteiger partial charge in [0.1, 0.15) is 0 Å². The van der Waals surface area contributed by atoms with E-state index in [1.807, 2.05) is 6.21 Å². The third-order valence-corrected chi connectivity index (χ3v) is 3.18. The molecule has 0 aliphatic rings. The quantitative estimate of drug-likeness (QED) is 0.331. The van der Waals surface area contributed by atoms with Gasteiger partial charge in [-0.25, -0.2) is 0 Å². The number of aryl methyl sites for hydroxylation is 1. The number of aliphatic imine (C=N–C) groups is 1. The molecule has 0 spiro atoms. The predicted molar refractivity (Wildman–Crippen MR) is 81.7 cm³/mol. The van der Waals surface area contributed by atoms with Crippen LogP contribution in [0.5, 0.6) is 0 Å². The summed E-state index contributed by atoms with van der Waals surface area (Å²) in [6.07, 6.45) is 5.18. The van der Waals surface area contributed by atoms with Crippen molar-refractivity contribution in [3.63, 3.8) is 0 Å². The Morgan fingerprint density at radius 3 is 2.81 bits per heavy atom. The van der Waals surface area contributed by atoms with Crippen molar-refractivity contribution in [2.45, 2.75) is 20.3 Å². The van der Waals surface area contributed by atoms with E-state index in [-0.39, 0.29) is 0 Å². The van der Waals surface area contributed by atoms with E-state index in [9.17, 15) is 0 Å². The topological polar surface area (TPSA) is 12.4 Å². The first kappa shape index (κ1) is 13.4. The lowest BCUT2D eigenvalue weighted by molar-refractivity contribution is 0.961. The van der Waals surface area contributed by atoms with Crippen molar-refractivity contribution >= 4 is 34.4 Å². The molecule has 0 bridgehead atoms. The first-order valence-corrected chi connectivity index (χ1v) is 7.07. The van der Waals surface area contributed by atoms with Crippen LogP contribution in [0.15, 0.2) is 35.3 Å². The molecule has 1 aromatic carbocycles. The zero-order valence-electron chi connectivity index (χ0n) is 9.91. The molecule has 1 nitrogen and oxygen atoms in total. The van der Waals surface area contributed by atoms with Gasteiger partial charge in [-0.3, -0.25) is 4.99 Å². The van der Waals surface area contributed by atoms with Gasteiger partial charge in [-0.2, -0.15) is 0 Å². The van der Waals surface area contributed by atoms with E-state index in [0.717, 1.165) is 13.0 Å². The molecule has 86 valence electrons. The van der Waals surface area contributed by atoms with Crippen LogP contribution in [0.1, 0.15) is 24.5 Å². The molecule has 2 heteroatoms. The van der Waals surface area contributed by atoms with E-state index in [4.69, 9.17) is 0 Å². The normalized spacial score (nSPS) is 12.3. The highest BCUT2D eigenvalue weighted by Gasteiger charge is 1.97. The number of halogens is 1. The van der Waals surface area contributed by atoms with Gasteiger partial charge in [0.15, 0.2) is 0 Å². The Balaban J connectivity index is 2.64. The van der Waals surface area contributed by atoms with Crippen molar-refractivity contribution in [1.29, 1.82) is 0 Å². The van der Waals surface area contributed by atoms with Crippen LogP contribution in [-0.4, -0.2) is 17.2 Å². The van der Waals surface area contributed by atoms with Crippen molar-refractivity contribution in [1.82, 2.24) is 0 Å². The second-order valence-corrected chi connectivity index (χ2v) is 4.84. The maximum absolute atomic E-state index is 4.35. The van der Waals surface area contributed by atoms with Crippen LogP contribution in [0, 0.1) is 6.92 Å². The second kappa shape index (κ2) is 7.60. The van der Waals surface area contributed by atoms with Crippen LogP contribution in [0.3, 0.4) is 0 Å². The minimum atomic E-state index is 0.931. The molecule has 0 atom stereocenters. The van der Waals surface area contributed by atoms with Gasteiger partial charge in [-0.15, -0.1) is 0 Å². The van der Waals surface area contributed by atoms with Crippen LogP contribution >= 0.6 is 22.6 Å². The van der Waals surface area contributed by atoms with Gasteiger partial charge in [-0.05, 0) is 43.0 Å². The fourth-order valence-corrected chi connectivity index (χ4v) is 1.84. The smallest absolute Gasteiger partial charge is 0.0396 e. The van der Waals surface area contributed by atoms with Crippen molar-refractivity contribution < 1.29 is 0 Å². The minimum absolute atomic E-state index is 0.931.